The van der Waals surface area contributed by atoms with E-state index in [2.05, 4.69) is 12.2 Å². The summed E-state index contributed by atoms with van der Waals surface area (Å²) in [6, 6.07) is 0. The summed E-state index contributed by atoms with van der Waals surface area (Å²) in [5.74, 6) is 4.42. The summed E-state index contributed by atoms with van der Waals surface area (Å²) in [4.78, 5) is 0. The number of allylic oxidation sites excluding steroid dienone is 2. The molecule has 3 aliphatic rings. The quantitative estimate of drug-likeness (QED) is 0.463. The van der Waals surface area contributed by atoms with Gasteiger partial charge in [0.1, 0.15) is 0 Å². The summed E-state index contributed by atoms with van der Waals surface area (Å²) in [6.45, 7) is 0. The highest BCUT2D eigenvalue weighted by Gasteiger charge is 2.50. The van der Waals surface area contributed by atoms with E-state index in [1.54, 1.807) is 6.42 Å². The lowest BCUT2D eigenvalue weighted by Gasteiger charge is -2.49. The molecule has 0 aliphatic heterocycles. The van der Waals surface area contributed by atoms with Crippen molar-refractivity contribution in [3.63, 3.8) is 0 Å². The van der Waals surface area contributed by atoms with E-state index in [9.17, 15) is 0 Å². The van der Waals surface area contributed by atoms with Crippen molar-refractivity contribution in [1.82, 2.24) is 0 Å². The smallest absolute Gasteiger partial charge is 0.0171 e. The first-order valence-corrected chi connectivity index (χ1v) is 5.13. The van der Waals surface area contributed by atoms with E-state index in [4.69, 9.17) is 0 Å². The second kappa shape index (κ2) is 2.12. The van der Waals surface area contributed by atoms with Gasteiger partial charge in [0.25, 0.3) is 0 Å². The van der Waals surface area contributed by atoms with Crippen molar-refractivity contribution in [3.05, 3.63) is 12.2 Å². The fourth-order valence-corrected chi connectivity index (χ4v) is 3.72. The van der Waals surface area contributed by atoms with E-state index in [1.165, 1.54) is 25.7 Å². The first-order chi connectivity index (χ1) is 5.47. The average molecular weight is 148 g/mol. The fourth-order valence-electron chi connectivity index (χ4n) is 3.72. The van der Waals surface area contributed by atoms with Crippen molar-refractivity contribution in [2.75, 3.05) is 0 Å². The molecule has 60 valence electrons. The van der Waals surface area contributed by atoms with Crippen LogP contribution in [0.15, 0.2) is 12.2 Å². The summed E-state index contributed by atoms with van der Waals surface area (Å²) in [5.41, 5.74) is 0. The van der Waals surface area contributed by atoms with E-state index in [-0.39, 0.29) is 0 Å². The van der Waals surface area contributed by atoms with Crippen LogP contribution < -0.4 is 0 Å². The van der Waals surface area contributed by atoms with E-state index < -0.39 is 0 Å². The van der Waals surface area contributed by atoms with Gasteiger partial charge in [-0.1, -0.05) is 18.6 Å². The topological polar surface area (TPSA) is 0 Å². The maximum Gasteiger partial charge on any atom is -0.0171 e. The molecule has 0 aromatic rings. The second-order valence-corrected chi connectivity index (χ2v) is 4.51. The van der Waals surface area contributed by atoms with Crippen LogP contribution in [0.1, 0.15) is 32.1 Å². The lowest BCUT2D eigenvalue weighted by molar-refractivity contribution is 0.0252. The van der Waals surface area contributed by atoms with E-state index in [0.717, 1.165) is 23.7 Å². The third-order valence-corrected chi connectivity index (χ3v) is 4.19. The molecule has 2 saturated carbocycles. The molecule has 0 aromatic carbocycles. The van der Waals surface area contributed by atoms with Crippen molar-refractivity contribution in [2.24, 2.45) is 23.7 Å². The summed E-state index contributed by atoms with van der Waals surface area (Å²) in [5, 5.41) is 0. The molecule has 4 atom stereocenters. The standard InChI is InChI=1S/C11H16/c1-2-5-9-8(4-1)10-6-3-7-11(9)10/h1,4,8-11H,2-3,5-7H2/t8-,9+,10-,11+/m0/s1. The zero-order valence-corrected chi connectivity index (χ0v) is 7.00. The molecule has 0 N–H and O–H groups in total. The molecular weight excluding hydrogens is 132 g/mol. The second-order valence-electron chi connectivity index (χ2n) is 4.51. The summed E-state index contributed by atoms with van der Waals surface area (Å²) < 4.78 is 0. The predicted octanol–water partition coefficient (Wildman–Crippen LogP) is 3.00. The number of hydrogen-bond acceptors (Lipinski definition) is 0. The Morgan fingerprint density at radius 1 is 0.909 bits per heavy atom. The highest BCUT2D eigenvalue weighted by atomic mass is 14.5. The minimum atomic E-state index is 1.02. The van der Waals surface area contributed by atoms with Crippen molar-refractivity contribution < 1.29 is 0 Å². The van der Waals surface area contributed by atoms with Crippen molar-refractivity contribution in [1.29, 1.82) is 0 Å². The SMILES string of the molecule is C1=C[C@H]2[C@@H](CC1)[C@H]1CCC[C@@H]21. The summed E-state index contributed by atoms with van der Waals surface area (Å²) in [6.07, 6.45) is 12.4. The van der Waals surface area contributed by atoms with Crippen LogP contribution in [0.2, 0.25) is 0 Å². The Kier molecular flexibility index (Phi) is 1.21. The van der Waals surface area contributed by atoms with Gasteiger partial charge in [-0.3, -0.25) is 0 Å². The number of rotatable bonds is 0. The van der Waals surface area contributed by atoms with Crippen LogP contribution in [-0.2, 0) is 0 Å². The molecule has 0 unspecified atom stereocenters. The fraction of sp³-hybridized carbons (Fsp3) is 0.818. The Labute approximate surface area is 68.7 Å². The molecule has 3 aliphatic carbocycles. The van der Waals surface area contributed by atoms with Gasteiger partial charge in [-0.15, -0.1) is 0 Å². The van der Waals surface area contributed by atoms with Gasteiger partial charge in [-0.2, -0.15) is 0 Å². The van der Waals surface area contributed by atoms with Gasteiger partial charge in [0.15, 0.2) is 0 Å². The first-order valence-electron chi connectivity index (χ1n) is 5.13. The Hall–Kier alpha value is -0.260. The van der Waals surface area contributed by atoms with Crippen LogP contribution >= 0.6 is 0 Å². The molecule has 0 aromatic heterocycles. The van der Waals surface area contributed by atoms with Crippen LogP contribution in [0.3, 0.4) is 0 Å². The third kappa shape index (κ3) is 0.706. The molecule has 0 bridgehead atoms. The van der Waals surface area contributed by atoms with Crippen LogP contribution in [0, 0.1) is 23.7 Å². The van der Waals surface area contributed by atoms with Gasteiger partial charge in [-0.25, -0.2) is 0 Å². The van der Waals surface area contributed by atoms with Gasteiger partial charge in [0.05, 0.1) is 0 Å². The Balaban J connectivity index is 1.85. The van der Waals surface area contributed by atoms with Crippen LogP contribution in [-0.4, -0.2) is 0 Å². The molecule has 0 radical (unpaired) electrons. The molecule has 0 amide bonds. The van der Waals surface area contributed by atoms with Crippen molar-refractivity contribution in [2.45, 2.75) is 32.1 Å². The maximum atomic E-state index is 2.51. The van der Waals surface area contributed by atoms with E-state index >= 15 is 0 Å². The molecule has 0 heteroatoms. The minimum Gasteiger partial charge on any atom is -0.0882 e. The lowest BCUT2D eigenvalue weighted by Crippen LogP contribution is -2.43. The molecule has 0 saturated heterocycles. The molecular formula is C11H16. The monoisotopic (exact) mass is 148 g/mol. The zero-order valence-electron chi connectivity index (χ0n) is 7.00. The van der Waals surface area contributed by atoms with E-state index in [1.807, 2.05) is 0 Å². The highest BCUT2D eigenvalue weighted by Crippen LogP contribution is 2.58. The number of hydrogen-bond donors (Lipinski definition) is 0. The third-order valence-electron chi connectivity index (χ3n) is 4.19. The Bertz CT molecular complexity index is 192. The lowest BCUT2D eigenvalue weighted by atomic mass is 9.55. The van der Waals surface area contributed by atoms with Crippen molar-refractivity contribution >= 4 is 0 Å². The van der Waals surface area contributed by atoms with Gasteiger partial charge in [-0.05, 0) is 49.4 Å². The normalized spacial score (nSPS) is 53.1. The van der Waals surface area contributed by atoms with Gasteiger partial charge in [0.2, 0.25) is 0 Å². The minimum absolute atomic E-state index is 1.02. The first kappa shape index (κ1) is 6.28. The van der Waals surface area contributed by atoms with Gasteiger partial charge >= 0.3 is 0 Å². The molecule has 0 nitrogen and oxygen atoms in total. The highest BCUT2D eigenvalue weighted by molar-refractivity contribution is 5.11. The van der Waals surface area contributed by atoms with Crippen LogP contribution in [0.25, 0.3) is 0 Å². The molecule has 11 heavy (non-hydrogen) atoms. The molecule has 2 fully saturated rings. The van der Waals surface area contributed by atoms with E-state index in [0.29, 0.717) is 0 Å². The van der Waals surface area contributed by atoms with Crippen LogP contribution in [0.4, 0.5) is 0 Å². The van der Waals surface area contributed by atoms with Gasteiger partial charge < -0.3 is 0 Å². The molecule has 0 spiro atoms. The molecule has 3 rings (SSSR count). The molecule has 0 heterocycles. The number of fused-ring (bicyclic) bond motifs is 4. The summed E-state index contributed by atoms with van der Waals surface area (Å²) in [7, 11) is 0. The van der Waals surface area contributed by atoms with Gasteiger partial charge in [0, 0.05) is 0 Å². The zero-order chi connectivity index (χ0) is 7.26. The summed E-state index contributed by atoms with van der Waals surface area (Å²) >= 11 is 0. The Morgan fingerprint density at radius 3 is 2.73 bits per heavy atom. The Morgan fingerprint density at radius 2 is 1.73 bits per heavy atom. The van der Waals surface area contributed by atoms with Crippen LogP contribution in [0.5, 0.6) is 0 Å². The van der Waals surface area contributed by atoms with Crippen molar-refractivity contribution in [3.8, 4) is 0 Å². The average Bonchev–Trinajstić information content (AvgIpc) is 2.44. The maximum absolute atomic E-state index is 2.51. The predicted molar refractivity (Wildman–Crippen MR) is 46.2 cm³/mol. The largest absolute Gasteiger partial charge is 0.0882 e.